The number of benzene rings is 1. The molecule has 1 aromatic heterocycles. The number of likely N-dealkylation sites (tertiary alicyclic amines) is 1. The van der Waals surface area contributed by atoms with Gasteiger partial charge in [0, 0.05) is 29.3 Å². The van der Waals surface area contributed by atoms with E-state index in [0.717, 1.165) is 41.8 Å². The molecule has 1 saturated carbocycles. The molecule has 1 aromatic carbocycles. The first kappa shape index (κ1) is 21.0. The summed E-state index contributed by atoms with van der Waals surface area (Å²) < 4.78 is 0. The Labute approximate surface area is 184 Å². The van der Waals surface area contributed by atoms with Gasteiger partial charge in [-0.2, -0.15) is 0 Å². The number of nitrogens with zero attached hydrogens (tertiary/aromatic N) is 2. The molecule has 30 heavy (non-hydrogen) atoms. The van der Waals surface area contributed by atoms with Crippen LogP contribution in [0, 0.1) is 18.8 Å². The van der Waals surface area contributed by atoms with Crippen LogP contribution in [0.4, 0.5) is 5.13 Å². The van der Waals surface area contributed by atoms with Crippen LogP contribution < -0.4 is 5.32 Å². The Morgan fingerprint density at radius 2 is 1.87 bits per heavy atom. The number of fused-ring (bicyclic) bond motifs is 1. The maximum absolute atomic E-state index is 12.5. The molecule has 3 amide bonds. The fraction of sp³-hybridized carbons (Fsp3) is 0.455. The molecule has 1 aliphatic heterocycles. The molecule has 1 aliphatic carbocycles. The Bertz CT molecular complexity index is 966. The number of carbonyl (C=O) groups excluding carboxylic acids is 3. The Hall–Kier alpha value is -2.25. The van der Waals surface area contributed by atoms with E-state index in [0.29, 0.717) is 16.6 Å². The van der Waals surface area contributed by atoms with E-state index < -0.39 is 0 Å². The molecule has 1 N–H and O–H groups in total. The molecule has 2 atom stereocenters. The van der Waals surface area contributed by atoms with Crippen molar-refractivity contribution in [3.8, 4) is 0 Å². The molecule has 158 valence electrons. The second-order valence-electron chi connectivity index (χ2n) is 7.92. The zero-order chi connectivity index (χ0) is 21.3. The molecule has 2 unspecified atom stereocenters. The van der Waals surface area contributed by atoms with Gasteiger partial charge >= 0.3 is 0 Å². The third-order valence-electron chi connectivity index (χ3n) is 5.94. The van der Waals surface area contributed by atoms with E-state index in [9.17, 15) is 14.4 Å². The summed E-state index contributed by atoms with van der Waals surface area (Å²) in [5, 5.41) is 4.03. The molecule has 0 spiro atoms. The maximum atomic E-state index is 12.5. The van der Waals surface area contributed by atoms with E-state index >= 15 is 0 Å². The van der Waals surface area contributed by atoms with Gasteiger partial charge in [0.25, 0.3) is 0 Å². The van der Waals surface area contributed by atoms with Crippen molar-refractivity contribution in [1.82, 2.24) is 9.88 Å². The van der Waals surface area contributed by atoms with Crippen LogP contribution in [0.2, 0.25) is 5.02 Å². The van der Waals surface area contributed by atoms with Gasteiger partial charge in [-0.25, -0.2) is 4.98 Å². The van der Waals surface area contributed by atoms with Crippen molar-refractivity contribution in [2.75, 3.05) is 11.9 Å². The zero-order valence-corrected chi connectivity index (χ0v) is 18.4. The number of imide groups is 1. The number of thiazole rings is 1. The van der Waals surface area contributed by atoms with Gasteiger partial charge in [-0.15, -0.1) is 11.3 Å². The van der Waals surface area contributed by atoms with Gasteiger partial charge in [0.2, 0.25) is 17.7 Å². The molecule has 2 aliphatic rings. The molecule has 4 rings (SSSR count). The van der Waals surface area contributed by atoms with Crippen LogP contribution in [0.1, 0.15) is 48.2 Å². The Kier molecular flexibility index (Phi) is 6.20. The highest BCUT2D eigenvalue weighted by molar-refractivity contribution is 7.15. The molecule has 0 radical (unpaired) electrons. The fourth-order valence-corrected chi connectivity index (χ4v) is 5.51. The lowest BCUT2D eigenvalue weighted by molar-refractivity contribution is -0.140. The molecule has 2 aromatic rings. The standard InChI is InChI=1S/C22H24ClN3O3S/c1-13-18(12-14-6-2-5-9-17(14)23)30-22(24-13)25-19(27)10-11-26-20(28)15-7-3-4-8-16(15)21(26)29/h2,5-6,9,15-16H,3-4,7-8,10-12H2,1H3,(H,24,25,27). The maximum Gasteiger partial charge on any atom is 0.233 e. The Morgan fingerprint density at radius 1 is 1.20 bits per heavy atom. The zero-order valence-electron chi connectivity index (χ0n) is 16.8. The highest BCUT2D eigenvalue weighted by Gasteiger charge is 2.47. The molecule has 1 saturated heterocycles. The molecule has 0 bridgehead atoms. The summed E-state index contributed by atoms with van der Waals surface area (Å²) in [5.74, 6) is -0.815. The second-order valence-corrected chi connectivity index (χ2v) is 9.41. The summed E-state index contributed by atoms with van der Waals surface area (Å²) >= 11 is 7.66. The average molecular weight is 446 g/mol. The van der Waals surface area contributed by atoms with Crippen molar-refractivity contribution in [2.45, 2.75) is 45.4 Å². The van der Waals surface area contributed by atoms with Gasteiger partial charge < -0.3 is 5.32 Å². The number of amides is 3. The van der Waals surface area contributed by atoms with Crippen LogP contribution in [0.3, 0.4) is 0 Å². The van der Waals surface area contributed by atoms with Crippen molar-refractivity contribution in [2.24, 2.45) is 11.8 Å². The molecule has 2 heterocycles. The van der Waals surface area contributed by atoms with E-state index in [-0.39, 0.29) is 42.5 Å². The fourth-order valence-electron chi connectivity index (χ4n) is 4.31. The van der Waals surface area contributed by atoms with E-state index in [1.165, 1.54) is 16.2 Å². The number of anilines is 1. The van der Waals surface area contributed by atoms with E-state index in [1.54, 1.807) is 0 Å². The smallest absolute Gasteiger partial charge is 0.233 e. The SMILES string of the molecule is Cc1nc(NC(=O)CCN2C(=O)C3CCCCC3C2=O)sc1Cc1ccccc1Cl. The molecular formula is C22H24ClN3O3S. The van der Waals surface area contributed by atoms with Crippen LogP contribution in [0.25, 0.3) is 0 Å². The van der Waals surface area contributed by atoms with Crippen LogP contribution in [0.5, 0.6) is 0 Å². The lowest BCUT2D eigenvalue weighted by atomic mass is 9.81. The topological polar surface area (TPSA) is 79.4 Å². The third-order valence-corrected chi connectivity index (χ3v) is 7.38. The van der Waals surface area contributed by atoms with E-state index in [2.05, 4.69) is 10.3 Å². The molecule has 6 nitrogen and oxygen atoms in total. The lowest BCUT2D eigenvalue weighted by Gasteiger charge is -2.19. The van der Waals surface area contributed by atoms with Gasteiger partial charge in [-0.1, -0.05) is 42.6 Å². The van der Waals surface area contributed by atoms with E-state index in [4.69, 9.17) is 11.6 Å². The van der Waals surface area contributed by atoms with E-state index in [1.807, 2.05) is 31.2 Å². The van der Waals surface area contributed by atoms with Crippen molar-refractivity contribution >= 4 is 45.8 Å². The number of halogens is 1. The summed E-state index contributed by atoms with van der Waals surface area (Å²) in [7, 11) is 0. The summed E-state index contributed by atoms with van der Waals surface area (Å²) in [6.07, 6.45) is 4.28. The number of hydrogen-bond acceptors (Lipinski definition) is 5. The van der Waals surface area contributed by atoms with Gasteiger partial charge in [0.15, 0.2) is 5.13 Å². The first-order valence-electron chi connectivity index (χ1n) is 10.3. The molecule has 8 heteroatoms. The molecule has 2 fully saturated rings. The predicted molar refractivity (Wildman–Crippen MR) is 117 cm³/mol. The first-order valence-corrected chi connectivity index (χ1v) is 11.5. The number of nitrogens with one attached hydrogen (secondary N) is 1. The Balaban J connectivity index is 1.34. The Morgan fingerprint density at radius 3 is 2.53 bits per heavy atom. The largest absolute Gasteiger partial charge is 0.302 e. The minimum Gasteiger partial charge on any atom is -0.302 e. The average Bonchev–Trinajstić information content (AvgIpc) is 3.19. The van der Waals surface area contributed by atoms with Crippen LogP contribution in [0.15, 0.2) is 24.3 Å². The van der Waals surface area contributed by atoms with Crippen molar-refractivity contribution in [3.05, 3.63) is 45.4 Å². The quantitative estimate of drug-likeness (QED) is 0.676. The minimum atomic E-state index is -0.247. The number of aromatic nitrogens is 1. The molecular weight excluding hydrogens is 422 g/mol. The highest BCUT2D eigenvalue weighted by atomic mass is 35.5. The number of rotatable bonds is 6. The first-order chi connectivity index (χ1) is 14.4. The number of aryl methyl sites for hydroxylation is 1. The number of hydrogen-bond donors (Lipinski definition) is 1. The van der Waals surface area contributed by atoms with Crippen LogP contribution >= 0.6 is 22.9 Å². The normalized spacial score (nSPS) is 21.1. The third kappa shape index (κ3) is 4.27. The van der Waals surface area contributed by atoms with Gasteiger partial charge in [0.05, 0.1) is 17.5 Å². The predicted octanol–water partition coefficient (Wildman–Crippen LogP) is 4.20. The highest BCUT2D eigenvalue weighted by Crippen LogP contribution is 2.38. The van der Waals surface area contributed by atoms with Crippen LogP contribution in [-0.4, -0.2) is 34.2 Å². The second kappa shape index (κ2) is 8.86. The van der Waals surface area contributed by atoms with Crippen molar-refractivity contribution in [1.29, 1.82) is 0 Å². The number of carbonyl (C=O) groups is 3. The van der Waals surface area contributed by atoms with Crippen LogP contribution in [-0.2, 0) is 20.8 Å². The van der Waals surface area contributed by atoms with Gasteiger partial charge in [-0.3, -0.25) is 19.3 Å². The lowest BCUT2D eigenvalue weighted by Crippen LogP contribution is -2.34. The van der Waals surface area contributed by atoms with Crippen molar-refractivity contribution in [3.63, 3.8) is 0 Å². The summed E-state index contributed by atoms with van der Waals surface area (Å²) in [6.45, 7) is 2.04. The summed E-state index contributed by atoms with van der Waals surface area (Å²) in [4.78, 5) is 44.2. The summed E-state index contributed by atoms with van der Waals surface area (Å²) in [6, 6.07) is 7.66. The van der Waals surface area contributed by atoms with Gasteiger partial charge in [0.1, 0.15) is 0 Å². The minimum absolute atomic E-state index is 0.0788. The van der Waals surface area contributed by atoms with Gasteiger partial charge in [-0.05, 0) is 31.4 Å². The monoisotopic (exact) mass is 445 g/mol. The van der Waals surface area contributed by atoms with Crippen molar-refractivity contribution < 1.29 is 14.4 Å². The summed E-state index contributed by atoms with van der Waals surface area (Å²) in [5.41, 5.74) is 1.86.